The number of hydrogen-bond acceptors (Lipinski definition) is 5. The highest BCUT2D eigenvalue weighted by molar-refractivity contribution is 5.96. The highest BCUT2D eigenvalue weighted by Crippen LogP contribution is 2.29. The summed E-state index contributed by atoms with van der Waals surface area (Å²) in [5, 5.41) is 18.1. The molecular weight excluding hydrogens is 310 g/mol. The number of hydrogen-bond donors (Lipinski definition) is 1. The van der Waals surface area contributed by atoms with Gasteiger partial charge in [-0.2, -0.15) is 10.2 Å². The van der Waals surface area contributed by atoms with Crippen molar-refractivity contribution in [2.75, 3.05) is 6.61 Å². The topological polar surface area (TPSA) is 96.9 Å². The number of carboxylic acids is 1. The molecule has 0 aliphatic heterocycles. The molecule has 0 saturated heterocycles. The molecule has 0 aliphatic carbocycles. The van der Waals surface area contributed by atoms with E-state index in [1.807, 2.05) is 20.8 Å². The van der Waals surface area contributed by atoms with Gasteiger partial charge in [-0.15, -0.1) is 0 Å². The van der Waals surface area contributed by atoms with E-state index >= 15 is 0 Å². The largest absolute Gasteiger partial charge is 0.490 e. The monoisotopic (exact) mass is 329 g/mol. The molecule has 0 aromatic carbocycles. The summed E-state index contributed by atoms with van der Waals surface area (Å²) < 4.78 is 13.0. The zero-order valence-electron chi connectivity index (χ0n) is 13.8. The van der Waals surface area contributed by atoms with E-state index in [9.17, 15) is 4.79 Å². The average molecular weight is 329 g/mol. The number of aliphatic carboxylic acids is 1. The maximum absolute atomic E-state index is 11.2. The van der Waals surface area contributed by atoms with Crippen LogP contribution in [0.2, 0.25) is 0 Å². The predicted octanol–water partition coefficient (Wildman–Crippen LogP) is 2.90. The Morgan fingerprint density at radius 3 is 2.88 bits per heavy atom. The first-order valence-corrected chi connectivity index (χ1v) is 7.67. The molecule has 7 nitrogen and oxygen atoms in total. The van der Waals surface area contributed by atoms with E-state index in [1.165, 1.54) is 6.08 Å². The molecule has 24 heavy (non-hydrogen) atoms. The zero-order valence-corrected chi connectivity index (χ0v) is 13.8. The average Bonchev–Trinajstić information content (AvgIpc) is 2.90. The van der Waals surface area contributed by atoms with E-state index in [4.69, 9.17) is 19.8 Å². The summed E-state index contributed by atoms with van der Waals surface area (Å²) >= 11 is 0. The number of pyridine rings is 1. The van der Waals surface area contributed by atoms with Gasteiger partial charge in [-0.25, -0.2) is 4.79 Å². The fraction of sp³-hybridized carbons (Fsp3) is 0.353. The predicted molar refractivity (Wildman–Crippen MR) is 88.0 cm³/mol. The Bertz CT molecular complexity index is 817. The summed E-state index contributed by atoms with van der Waals surface area (Å²) in [7, 11) is 0. The second-order valence-corrected chi connectivity index (χ2v) is 5.11. The molecular formula is C17H19N3O4. The van der Waals surface area contributed by atoms with E-state index < -0.39 is 11.5 Å². The third-order valence-corrected chi connectivity index (χ3v) is 3.44. The molecule has 2 aromatic heterocycles. The van der Waals surface area contributed by atoms with Gasteiger partial charge in [-0.3, -0.25) is 4.40 Å². The van der Waals surface area contributed by atoms with Crippen molar-refractivity contribution in [3.05, 3.63) is 29.6 Å². The summed E-state index contributed by atoms with van der Waals surface area (Å²) in [6.45, 7) is 6.20. The molecule has 1 atom stereocenters. The molecule has 0 amide bonds. The minimum atomic E-state index is -1.30. The highest BCUT2D eigenvalue weighted by atomic mass is 16.5. The van der Waals surface area contributed by atoms with Gasteiger partial charge in [-0.05, 0) is 38.5 Å². The Morgan fingerprint density at radius 2 is 2.29 bits per heavy atom. The molecule has 0 saturated carbocycles. The van der Waals surface area contributed by atoms with Crippen LogP contribution in [-0.4, -0.2) is 33.2 Å². The van der Waals surface area contributed by atoms with Crippen LogP contribution in [0.25, 0.3) is 11.7 Å². The number of carboxylic acid groups (broad SMARTS) is 1. The number of aromatic nitrogens is 2. The first-order valence-electron chi connectivity index (χ1n) is 7.67. The van der Waals surface area contributed by atoms with Crippen LogP contribution in [0.15, 0.2) is 23.9 Å². The van der Waals surface area contributed by atoms with E-state index in [1.54, 1.807) is 28.8 Å². The Balaban J connectivity index is 2.69. The molecule has 0 fully saturated rings. The standard InChI is InChI=1S/C17H19N3O4/c1-4-11(3)24-16-13(9-12(10-18)17(21)22)20-8-6-7-14(23-5-2)15(20)19-16/h6-9,11H,4-5H2,1-3H3,(H,21,22)/b12-9+. The maximum Gasteiger partial charge on any atom is 0.346 e. The molecule has 2 aromatic rings. The van der Waals surface area contributed by atoms with Gasteiger partial charge >= 0.3 is 5.97 Å². The lowest BCUT2D eigenvalue weighted by Gasteiger charge is -2.10. The third kappa shape index (κ3) is 3.49. The summed E-state index contributed by atoms with van der Waals surface area (Å²) in [5.41, 5.74) is 0.505. The zero-order chi connectivity index (χ0) is 17.7. The molecule has 0 radical (unpaired) electrons. The van der Waals surface area contributed by atoms with Crippen molar-refractivity contribution < 1.29 is 19.4 Å². The quantitative estimate of drug-likeness (QED) is 0.619. The van der Waals surface area contributed by atoms with Gasteiger partial charge in [0.25, 0.3) is 0 Å². The van der Waals surface area contributed by atoms with Gasteiger partial charge in [0.2, 0.25) is 5.88 Å². The Morgan fingerprint density at radius 1 is 1.54 bits per heavy atom. The molecule has 126 valence electrons. The lowest BCUT2D eigenvalue weighted by Crippen LogP contribution is -2.11. The molecule has 0 spiro atoms. The van der Waals surface area contributed by atoms with Crippen LogP contribution in [-0.2, 0) is 4.79 Å². The molecule has 7 heteroatoms. The van der Waals surface area contributed by atoms with Gasteiger partial charge in [0.15, 0.2) is 11.4 Å². The highest BCUT2D eigenvalue weighted by Gasteiger charge is 2.19. The second kappa shape index (κ2) is 7.51. The fourth-order valence-corrected chi connectivity index (χ4v) is 2.08. The number of imidazole rings is 1. The molecule has 2 rings (SSSR count). The Labute approximate surface area is 139 Å². The van der Waals surface area contributed by atoms with Crippen LogP contribution in [0.4, 0.5) is 0 Å². The SMILES string of the molecule is CCOc1cccn2c(/C=C(\C#N)C(=O)O)c(OC(C)CC)nc12. The van der Waals surface area contributed by atoms with Crippen molar-refractivity contribution >= 4 is 17.7 Å². The molecule has 1 unspecified atom stereocenters. The fourth-order valence-electron chi connectivity index (χ4n) is 2.08. The van der Waals surface area contributed by atoms with Crippen LogP contribution in [0, 0.1) is 11.3 Å². The van der Waals surface area contributed by atoms with E-state index in [2.05, 4.69) is 4.98 Å². The Hall–Kier alpha value is -3.01. The smallest absolute Gasteiger partial charge is 0.346 e. The normalized spacial score (nSPS) is 12.7. The molecule has 0 bridgehead atoms. The van der Waals surface area contributed by atoms with Crippen molar-refractivity contribution in [1.82, 2.24) is 9.38 Å². The van der Waals surface area contributed by atoms with Crippen molar-refractivity contribution in [3.63, 3.8) is 0 Å². The van der Waals surface area contributed by atoms with Gasteiger partial charge in [0, 0.05) is 6.20 Å². The Kier molecular flexibility index (Phi) is 5.42. The van der Waals surface area contributed by atoms with Gasteiger partial charge < -0.3 is 14.6 Å². The van der Waals surface area contributed by atoms with Gasteiger partial charge in [0.1, 0.15) is 17.3 Å². The minimum absolute atomic E-state index is 0.104. The number of nitrogens with zero attached hydrogens (tertiary/aromatic N) is 3. The lowest BCUT2D eigenvalue weighted by atomic mass is 10.2. The number of ether oxygens (including phenoxy) is 2. The number of fused-ring (bicyclic) bond motifs is 1. The van der Waals surface area contributed by atoms with Crippen LogP contribution >= 0.6 is 0 Å². The van der Waals surface area contributed by atoms with Crippen molar-refractivity contribution in [3.8, 4) is 17.7 Å². The molecule has 0 aliphatic rings. The van der Waals surface area contributed by atoms with Crippen LogP contribution in [0.5, 0.6) is 11.6 Å². The number of rotatable bonds is 7. The van der Waals surface area contributed by atoms with Crippen LogP contribution < -0.4 is 9.47 Å². The maximum atomic E-state index is 11.2. The van der Waals surface area contributed by atoms with Crippen LogP contribution in [0.3, 0.4) is 0 Å². The van der Waals surface area contributed by atoms with Crippen molar-refractivity contribution in [2.24, 2.45) is 0 Å². The summed E-state index contributed by atoms with van der Waals surface area (Å²) in [6, 6.07) is 5.21. The van der Waals surface area contributed by atoms with Crippen molar-refractivity contribution in [1.29, 1.82) is 5.26 Å². The molecule has 1 N–H and O–H groups in total. The van der Waals surface area contributed by atoms with Gasteiger partial charge in [-0.1, -0.05) is 6.92 Å². The van der Waals surface area contributed by atoms with E-state index in [-0.39, 0.29) is 12.0 Å². The molecule has 2 heterocycles. The first kappa shape index (κ1) is 17.3. The van der Waals surface area contributed by atoms with E-state index in [0.717, 1.165) is 6.42 Å². The number of nitriles is 1. The van der Waals surface area contributed by atoms with Gasteiger partial charge in [0.05, 0.1) is 12.7 Å². The van der Waals surface area contributed by atoms with Crippen molar-refractivity contribution in [2.45, 2.75) is 33.3 Å². The second-order valence-electron chi connectivity index (χ2n) is 5.11. The summed E-state index contributed by atoms with van der Waals surface area (Å²) in [5.74, 6) is -0.476. The summed E-state index contributed by atoms with van der Waals surface area (Å²) in [4.78, 5) is 15.6. The van der Waals surface area contributed by atoms with E-state index in [0.29, 0.717) is 23.7 Å². The lowest BCUT2D eigenvalue weighted by molar-refractivity contribution is -0.132. The minimum Gasteiger partial charge on any atom is -0.490 e. The third-order valence-electron chi connectivity index (χ3n) is 3.44. The summed E-state index contributed by atoms with van der Waals surface area (Å²) in [6.07, 6.45) is 3.64. The number of carbonyl (C=O) groups is 1. The van der Waals surface area contributed by atoms with Crippen LogP contribution in [0.1, 0.15) is 32.9 Å². The first-order chi connectivity index (χ1) is 11.5.